The molecule has 6 rings (SSSR count). The molecule has 3 N–H and O–H groups in total. The maximum atomic E-state index is 13.1. The van der Waals surface area contributed by atoms with Gasteiger partial charge in [-0.1, -0.05) is 48.5 Å². The Kier molecular flexibility index (Phi) is 6.58. The minimum atomic E-state index is -0.577. The van der Waals surface area contributed by atoms with Crippen molar-refractivity contribution in [1.82, 2.24) is 14.7 Å². The van der Waals surface area contributed by atoms with E-state index in [0.29, 0.717) is 5.56 Å². The van der Waals surface area contributed by atoms with Gasteiger partial charge in [0.1, 0.15) is 0 Å². The molecule has 0 aliphatic carbocycles. The quantitative estimate of drug-likeness (QED) is 0.230. The summed E-state index contributed by atoms with van der Waals surface area (Å²) in [4.78, 5) is 15.4. The molecule has 0 spiro atoms. The Hall–Kier alpha value is -4.88. The number of carbonyl (C=O) groups is 1. The van der Waals surface area contributed by atoms with Crippen LogP contribution in [0.25, 0.3) is 5.69 Å². The molecular weight excluding hydrogens is 496 g/mol. The summed E-state index contributed by atoms with van der Waals surface area (Å²) in [6.07, 6.45) is 3.64. The molecule has 2 unspecified atom stereocenters. The number of carbonyl (C=O) groups excluding carboxylic acids is 1. The van der Waals surface area contributed by atoms with Crippen LogP contribution in [-0.2, 0) is 0 Å². The maximum Gasteiger partial charge on any atom is 0.255 e. The van der Waals surface area contributed by atoms with Crippen LogP contribution in [0.1, 0.15) is 40.0 Å². The van der Waals surface area contributed by atoms with Crippen molar-refractivity contribution in [2.24, 2.45) is 0 Å². The lowest BCUT2D eigenvalue weighted by Crippen LogP contribution is -2.60. The van der Waals surface area contributed by atoms with Gasteiger partial charge in [0.15, 0.2) is 5.79 Å². The molecule has 0 radical (unpaired) electrons. The van der Waals surface area contributed by atoms with Crippen molar-refractivity contribution >= 4 is 23.0 Å². The van der Waals surface area contributed by atoms with Crippen LogP contribution in [0.5, 0.6) is 0 Å². The second-order valence-electron chi connectivity index (χ2n) is 10.3. The van der Waals surface area contributed by atoms with Gasteiger partial charge in [-0.25, -0.2) is 4.68 Å². The normalized spacial score (nSPS) is 18.4. The third kappa shape index (κ3) is 4.83. The van der Waals surface area contributed by atoms with E-state index in [1.165, 1.54) is 11.1 Å². The number of nitrogens with one attached hydrogen (secondary N) is 3. The van der Waals surface area contributed by atoms with Crippen molar-refractivity contribution in [3.05, 3.63) is 138 Å². The number of hydrogen-bond acceptors (Lipinski definition) is 5. The van der Waals surface area contributed by atoms with E-state index in [-0.39, 0.29) is 11.9 Å². The van der Waals surface area contributed by atoms with Gasteiger partial charge in [-0.05, 0) is 92.2 Å². The molecule has 4 aromatic carbocycles. The van der Waals surface area contributed by atoms with Crippen LogP contribution < -0.4 is 16.0 Å². The molecule has 7 heteroatoms. The number of benzene rings is 4. The SMILES string of the molecule is Cc1cc(-n2cccn2)ccc1NC(=O)c1ccc(NC2(C)Nc3ccccc3C(c3ccccc3)N2C)cc1. The Balaban J connectivity index is 1.19. The highest BCUT2D eigenvalue weighted by molar-refractivity contribution is 6.04. The predicted molar refractivity (Wildman–Crippen MR) is 161 cm³/mol. The van der Waals surface area contributed by atoms with Crippen molar-refractivity contribution < 1.29 is 4.79 Å². The Morgan fingerprint density at radius 2 is 1.68 bits per heavy atom. The first-order chi connectivity index (χ1) is 19.4. The van der Waals surface area contributed by atoms with Crippen LogP contribution in [0.3, 0.4) is 0 Å². The lowest BCUT2D eigenvalue weighted by molar-refractivity contribution is 0.102. The molecule has 0 saturated carbocycles. The van der Waals surface area contributed by atoms with Gasteiger partial charge in [-0.15, -0.1) is 0 Å². The number of anilines is 3. The number of amides is 1. The second-order valence-corrected chi connectivity index (χ2v) is 10.3. The number of fused-ring (bicyclic) bond motifs is 1. The van der Waals surface area contributed by atoms with Gasteiger partial charge < -0.3 is 16.0 Å². The molecule has 7 nitrogen and oxygen atoms in total. The fraction of sp³-hybridized carbons (Fsp3) is 0.152. The molecule has 40 heavy (non-hydrogen) atoms. The number of aromatic nitrogens is 2. The van der Waals surface area contributed by atoms with E-state index in [4.69, 9.17) is 0 Å². The van der Waals surface area contributed by atoms with Gasteiger partial charge in [0.2, 0.25) is 0 Å². The molecule has 0 saturated heterocycles. The van der Waals surface area contributed by atoms with Crippen molar-refractivity contribution in [2.75, 3.05) is 23.0 Å². The smallest absolute Gasteiger partial charge is 0.255 e. The Labute approximate surface area is 234 Å². The minimum absolute atomic E-state index is 0.0733. The van der Waals surface area contributed by atoms with Crippen molar-refractivity contribution in [1.29, 1.82) is 0 Å². The third-order valence-electron chi connectivity index (χ3n) is 7.60. The van der Waals surface area contributed by atoms with Crippen LogP contribution in [-0.4, -0.2) is 33.4 Å². The molecule has 0 bridgehead atoms. The van der Waals surface area contributed by atoms with Gasteiger partial charge in [-0.3, -0.25) is 9.69 Å². The molecule has 2 heterocycles. The van der Waals surface area contributed by atoms with Gasteiger partial charge in [0.25, 0.3) is 5.91 Å². The average molecular weight is 529 g/mol. The fourth-order valence-corrected chi connectivity index (χ4v) is 5.36. The van der Waals surface area contributed by atoms with Crippen molar-refractivity contribution in [3.8, 4) is 5.69 Å². The van der Waals surface area contributed by atoms with Crippen molar-refractivity contribution in [3.63, 3.8) is 0 Å². The zero-order valence-electron chi connectivity index (χ0n) is 22.8. The largest absolute Gasteiger partial charge is 0.351 e. The van der Waals surface area contributed by atoms with Crippen LogP contribution in [0.2, 0.25) is 0 Å². The molecular formula is C33H32N6O. The molecule has 2 atom stereocenters. The van der Waals surface area contributed by atoms with Crippen LogP contribution in [0.4, 0.5) is 17.1 Å². The molecule has 1 aromatic heterocycles. The highest BCUT2D eigenvalue weighted by Gasteiger charge is 2.40. The Morgan fingerprint density at radius 3 is 2.40 bits per heavy atom. The van der Waals surface area contributed by atoms with Gasteiger partial charge in [0.05, 0.1) is 11.7 Å². The zero-order valence-corrected chi connectivity index (χ0v) is 22.8. The second kappa shape index (κ2) is 10.4. The topological polar surface area (TPSA) is 74.2 Å². The van der Waals surface area contributed by atoms with E-state index in [9.17, 15) is 4.79 Å². The summed E-state index contributed by atoms with van der Waals surface area (Å²) in [5, 5.41) is 14.7. The first-order valence-electron chi connectivity index (χ1n) is 13.4. The third-order valence-corrected chi connectivity index (χ3v) is 7.60. The van der Waals surface area contributed by atoms with Gasteiger partial charge in [-0.2, -0.15) is 5.10 Å². The number of aryl methyl sites for hydroxylation is 1. The summed E-state index contributed by atoms with van der Waals surface area (Å²) >= 11 is 0. The number of hydrogen-bond donors (Lipinski definition) is 3. The molecule has 5 aromatic rings. The summed E-state index contributed by atoms with van der Waals surface area (Å²) in [6.45, 7) is 4.11. The Morgan fingerprint density at radius 1 is 0.925 bits per heavy atom. The number of para-hydroxylation sites is 1. The monoisotopic (exact) mass is 528 g/mol. The predicted octanol–water partition coefficient (Wildman–Crippen LogP) is 6.67. The van der Waals surface area contributed by atoms with E-state index < -0.39 is 5.79 Å². The molecule has 200 valence electrons. The van der Waals surface area contributed by atoms with Gasteiger partial charge in [0, 0.05) is 35.0 Å². The summed E-state index contributed by atoms with van der Waals surface area (Å²) in [7, 11) is 2.12. The van der Waals surface area contributed by atoms with Crippen LogP contribution in [0, 0.1) is 6.92 Å². The van der Waals surface area contributed by atoms with E-state index in [1.807, 2.05) is 67.7 Å². The van der Waals surface area contributed by atoms with Crippen molar-refractivity contribution in [2.45, 2.75) is 25.7 Å². The van der Waals surface area contributed by atoms with Crippen LogP contribution >= 0.6 is 0 Å². The summed E-state index contributed by atoms with van der Waals surface area (Å²) < 4.78 is 1.80. The first kappa shape index (κ1) is 25.4. The van der Waals surface area contributed by atoms with Gasteiger partial charge >= 0.3 is 0 Å². The molecule has 1 amide bonds. The van der Waals surface area contributed by atoms with E-state index >= 15 is 0 Å². The molecule has 0 fully saturated rings. The highest BCUT2D eigenvalue weighted by Crippen LogP contribution is 2.42. The summed E-state index contributed by atoms with van der Waals surface area (Å²) in [6, 6.07) is 34.4. The Bertz CT molecular complexity index is 1630. The number of rotatable bonds is 6. The minimum Gasteiger partial charge on any atom is -0.351 e. The van der Waals surface area contributed by atoms with E-state index in [0.717, 1.165) is 28.3 Å². The lowest BCUT2D eigenvalue weighted by Gasteiger charge is -2.50. The van der Waals surface area contributed by atoms with E-state index in [2.05, 4.69) is 88.5 Å². The maximum absolute atomic E-state index is 13.1. The molecule has 1 aliphatic heterocycles. The van der Waals surface area contributed by atoms with E-state index in [1.54, 1.807) is 10.9 Å². The first-order valence-corrected chi connectivity index (χ1v) is 13.4. The summed E-state index contributed by atoms with van der Waals surface area (Å²) in [5.74, 6) is -0.731. The fourth-order valence-electron chi connectivity index (χ4n) is 5.36. The number of nitrogens with zero attached hydrogens (tertiary/aromatic N) is 3. The summed E-state index contributed by atoms with van der Waals surface area (Å²) in [5.41, 5.74) is 7.73. The zero-order chi connectivity index (χ0) is 27.7. The molecule has 1 aliphatic rings. The van der Waals surface area contributed by atoms with Crippen LogP contribution in [0.15, 0.2) is 116 Å². The average Bonchev–Trinajstić information content (AvgIpc) is 3.51. The lowest BCUT2D eigenvalue weighted by atomic mass is 9.92. The highest BCUT2D eigenvalue weighted by atomic mass is 16.1. The standard InChI is InChI=1S/C33H32N6O/c1-23-22-27(39-21-9-20-34-39)18-19-29(23)35-32(40)25-14-16-26(17-15-25)36-33(2)37-30-13-8-7-12-28(30)31(38(33)3)24-10-5-4-6-11-24/h4-22,31,36-37H,1-3H3,(H,35,40).